The Bertz CT molecular complexity index is 1760. The van der Waals surface area contributed by atoms with Gasteiger partial charge in [-0.05, 0) is 73.5 Å². The van der Waals surface area contributed by atoms with Crippen molar-refractivity contribution in [1.29, 1.82) is 0 Å². The molecule has 0 bridgehead atoms. The second-order valence-corrected chi connectivity index (χ2v) is 14.7. The van der Waals surface area contributed by atoms with E-state index in [-0.39, 0.29) is 35.4 Å². The Hall–Kier alpha value is -4.28. The quantitative estimate of drug-likeness (QED) is 0.131. The first-order valence-corrected chi connectivity index (χ1v) is 18.7. The number of hydrogen-bond donors (Lipinski definition) is 1. The molecule has 0 aliphatic rings. The Morgan fingerprint density at radius 1 is 0.875 bits per heavy atom. The minimum Gasteiger partial charge on any atom is -0.492 e. The number of para-hydroxylation sites is 2. The lowest BCUT2D eigenvalue weighted by Gasteiger charge is -2.34. The van der Waals surface area contributed by atoms with Gasteiger partial charge in [-0.3, -0.25) is 13.9 Å². The van der Waals surface area contributed by atoms with Gasteiger partial charge in [0.1, 0.15) is 18.3 Å². The zero-order valence-electron chi connectivity index (χ0n) is 28.3. The molecule has 8 nitrogen and oxygen atoms in total. The molecule has 0 aliphatic carbocycles. The van der Waals surface area contributed by atoms with Gasteiger partial charge >= 0.3 is 0 Å². The lowest BCUT2D eigenvalue weighted by Crippen LogP contribution is -2.53. The van der Waals surface area contributed by atoms with Crippen molar-refractivity contribution < 1.29 is 22.7 Å². The average Bonchev–Trinajstić information content (AvgIpc) is 3.08. The Balaban J connectivity index is 1.84. The number of ether oxygens (including phenoxy) is 1. The number of hydrogen-bond acceptors (Lipinski definition) is 6. The number of aryl methyl sites for hydroxylation is 1. The van der Waals surface area contributed by atoms with E-state index in [0.717, 1.165) is 25.9 Å². The monoisotopic (exact) mass is 687 g/mol. The second-order valence-electron chi connectivity index (χ2n) is 11.9. The molecule has 0 heterocycles. The van der Waals surface area contributed by atoms with Crippen LogP contribution in [0.15, 0.2) is 113 Å². The molecule has 48 heavy (non-hydrogen) atoms. The lowest BCUT2D eigenvalue weighted by atomic mass is 10.0. The van der Waals surface area contributed by atoms with Crippen molar-refractivity contribution in [3.63, 3.8) is 0 Å². The maximum Gasteiger partial charge on any atom is 0.264 e. The summed E-state index contributed by atoms with van der Waals surface area (Å²) in [6.07, 6.45) is 2.17. The van der Waals surface area contributed by atoms with Gasteiger partial charge in [0.15, 0.2) is 0 Å². The Morgan fingerprint density at radius 2 is 1.54 bits per heavy atom. The highest BCUT2D eigenvalue weighted by Crippen LogP contribution is 2.33. The van der Waals surface area contributed by atoms with E-state index in [1.165, 1.54) is 16.7 Å². The molecule has 0 spiro atoms. The number of rotatable bonds is 16. The Labute approximate surface area is 289 Å². The summed E-state index contributed by atoms with van der Waals surface area (Å²) in [6.45, 7) is 8.09. The van der Waals surface area contributed by atoms with Crippen molar-refractivity contribution in [2.24, 2.45) is 5.92 Å². The average molecular weight is 688 g/mol. The van der Waals surface area contributed by atoms with Gasteiger partial charge in [-0.1, -0.05) is 86.1 Å². The summed E-state index contributed by atoms with van der Waals surface area (Å²) >= 11 is 1.50. The van der Waals surface area contributed by atoms with Gasteiger partial charge in [-0.15, -0.1) is 11.8 Å². The third-order valence-corrected chi connectivity index (χ3v) is 10.3. The van der Waals surface area contributed by atoms with E-state index in [9.17, 15) is 18.0 Å². The highest BCUT2D eigenvalue weighted by molar-refractivity contribution is 7.98. The maximum atomic E-state index is 14.7. The summed E-state index contributed by atoms with van der Waals surface area (Å²) < 4.78 is 35.8. The summed E-state index contributed by atoms with van der Waals surface area (Å²) in [5.74, 6) is -0.295. The summed E-state index contributed by atoms with van der Waals surface area (Å²) in [7, 11) is -4.26. The SMILES string of the molecule is CCOc1ccccc1N(CC(=O)N(Cc1cccc(C)c1)[C@H](Cc1ccccc1)C(=O)NCC(C)C)S(=O)(=O)c1ccc(SC)cc1. The number of thioether (sulfide) groups is 1. The van der Waals surface area contributed by atoms with Gasteiger partial charge in [0.25, 0.3) is 10.0 Å². The van der Waals surface area contributed by atoms with Gasteiger partial charge in [0.05, 0.1) is 17.2 Å². The van der Waals surface area contributed by atoms with Crippen molar-refractivity contribution >= 4 is 39.3 Å². The van der Waals surface area contributed by atoms with Gasteiger partial charge < -0.3 is 15.0 Å². The van der Waals surface area contributed by atoms with Crippen LogP contribution in [0.3, 0.4) is 0 Å². The van der Waals surface area contributed by atoms with Crippen LogP contribution in [-0.2, 0) is 32.6 Å². The van der Waals surface area contributed by atoms with Crippen molar-refractivity contribution in [2.45, 2.75) is 56.5 Å². The molecule has 4 aromatic rings. The van der Waals surface area contributed by atoms with E-state index in [0.29, 0.717) is 18.9 Å². The number of benzene rings is 4. The van der Waals surface area contributed by atoms with E-state index in [2.05, 4.69) is 5.32 Å². The molecule has 1 atom stereocenters. The summed E-state index contributed by atoms with van der Waals surface area (Å²) in [5.41, 5.74) is 2.95. The second kappa shape index (κ2) is 17.2. The van der Waals surface area contributed by atoms with Crippen molar-refractivity contribution in [1.82, 2.24) is 10.2 Å². The normalized spacial score (nSPS) is 12.0. The number of anilines is 1. The van der Waals surface area contributed by atoms with E-state index < -0.39 is 28.5 Å². The molecule has 4 aromatic carbocycles. The summed E-state index contributed by atoms with van der Waals surface area (Å²) in [6, 6.07) is 29.7. The maximum absolute atomic E-state index is 14.7. The van der Waals surface area contributed by atoms with Crippen LogP contribution in [0.2, 0.25) is 0 Å². The zero-order chi connectivity index (χ0) is 34.7. The first kappa shape index (κ1) is 36.6. The van der Waals surface area contributed by atoms with Gasteiger partial charge in [-0.25, -0.2) is 8.42 Å². The van der Waals surface area contributed by atoms with Crippen molar-refractivity contribution in [3.05, 3.63) is 120 Å². The molecular weight excluding hydrogens is 643 g/mol. The molecule has 0 aromatic heterocycles. The molecule has 0 aliphatic heterocycles. The molecule has 0 saturated heterocycles. The predicted molar refractivity (Wildman–Crippen MR) is 194 cm³/mol. The van der Waals surface area contributed by atoms with Gasteiger partial charge in [0, 0.05) is 24.4 Å². The smallest absolute Gasteiger partial charge is 0.264 e. The van der Waals surface area contributed by atoms with Crippen LogP contribution in [0.4, 0.5) is 5.69 Å². The number of carbonyl (C=O) groups excluding carboxylic acids is 2. The minimum absolute atomic E-state index is 0.0418. The standard InChI is InChI=1S/C38H45N3O5S2/c1-6-46-36-18-11-10-17-34(36)41(48(44,45)33-21-19-32(47-5)20-22-33)27-37(42)40(26-31-16-12-13-29(4)23-31)35(38(43)39-25-28(2)3)24-30-14-8-7-9-15-30/h7-23,28,35H,6,24-27H2,1-5H3,(H,39,43)/t35-/m1/s1. The largest absolute Gasteiger partial charge is 0.492 e. The van der Waals surface area contributed by atoms with Crippen molar-refractivity contribution in [3.8, 4) is 5.75 Å². The van der Waals surface area contributed by atoms with Crippen molar-refractivity contribution in [2.75, 3.05) is 30.3 Å². The van der Waals surface area contributed by atoms with Crippen LogP contribution in [-0.4, -0.2) is 57.1 Å². The number of nitrogens with one attached hydrogen (secondary N) is 1. The van der Waals surface area contributed by atoms with Crippen LogP contribution in [0.25, 0.3) is 0 Å². The Morgan fingerprint density at radius 3 is 2.19 bits per heavy atom. The lowest BCUT2D eigenvalue weighted by molar-refractivity contribution is -0.140. The molecule has 0 radical (unpaired) electrons. The number of sulfonamides is 1. The van der Waals surface area contributed by atoms with Crippen LogP contribution in [0, 0.1) is 12.8 Å². The molecule has 0 unspecified atom stereocenters. The molecule has 10 heteroatoms. The first-order valence-electron chi connectivity index (χ1n) is 16.1. The summed E-state index contributed by atoms with van der Waals surface area (Å²) in [5, 5.41) is 3.03. The van der Waals surface area contributed by atoms with E-state index in [1.54, 1.807) is 48.5 Å². The third-order valence-electron chi connectivity index (χ3n) is 7.75. The van der Waals surface area contributed by atoms with E-state index in [1.807, 2.05) is 88.5 Å². The molecular formula is C38H45N3O5S2. The number of carbonyl (C=O) groups is 2. The fourth-order valence-corrected chi connectivity index (χ4v) is 7.15. The molecule has 2 amide bonds. The van der Waals surface area contributed by atoms with Crippen LogP contribution >= 0.6 is 11.8 Å². The highest BCUT2D eigenvalue weighted by Gasteiger charge is 2.35. The fourth-order valence-electron chi connectivity index (χ4n) is 5.31. The highest BCUT2D eigenvalue weighted by atomic mass is 32.2. The van der Waals surface area contributed by atoms with Crippen LogP contribution in [0.1, 0.15) is 37.5 Å². The topological polar surface area (TPSA) is 96.0 Å². The van der Waals surface area contributed by atoms with Crippen LogP contribution in [0.5, 0.6) is 5.75 Å². The number of amides is 2. The molecule has 254 valence electrons. The zero-order valence-corrected chi connectivity index (χ0v) is 29.9. The van der Waals surface area contributed by atoms with Gasteiger partial charge in [-0.2, -0.15) is 0 Å². The minimum atomic E-state index is -4.26. The van der Waals surface area contributed by atoms with Gasteiger partial charge in [0.2, 0.25) is 11.8 Å². The molecule has 4 rings (SSSR count). The third kappa shape index (κ3) is 9.64. The van der Waals surface area contributed by atoms with E-state index >= 15 is 0 Å². The predicted octanol–water partition coefficient (Wildman–Crippen LogP) is 6.72. The number of nitrogens with zero attached hydrogens (tertiary/aromatic N) is 2. The molecule has 0 saturated carbocycles. The summed E-state index contributed by atoms with van der Waals surface area (Å²) in [4.78, 5) is 31.2. The van der Waals surface area contributed by atoms with Crippen LogP contribution < -0.4 is 14.4 Å². The first-order chi connectivity index (χ1) is 23.0. The van der Waals surface area contributed by atoms with E-state index in [4.69, 9.17) is 4.74 Å². The fraction of sp³-hybridized carbons (Fsp3) is 0.316. The molecule has 1 N–H and O–H groups in total. The molecule has 0 fully saturated rings. The Kier molecular flexibility index (Phi) is 13.1.